The van der Waals surface area contributed by atoms with Gasteiger partial charge in [0.1, 0.15) is 5.75 Å². The van der Waals surface area contributed by atoms with Gasteiger partial charge in [-0.15, -0.1) is 0 Å². The van der Waals surface area contributed by atoms with Crippen molar-refractivity contribution >= 4 is 11.5 Å². The molecule has 0 heterocycles. The zero-order valence-electron chi connectivity index (χ0n) is 11.7. The molecule has 1 aromatic carbocycles. The van der Waals surface area contributed by atoms with Crippen LogP contribution in [0.4, 0.5) is 0 Å². The molecule has 0 spiro atoms. The number of carbonyl (C=O) groups is 1. The quantitative estimate of drug-likeness (QED) is 0.581. The van der Waals surface area contributed by atoms with E-state index in [0.29, 0.717) is 5.56 Å². The Morgan fingerprint density at radius 1 is 1.29 bits per heavy atom. The van der Waals surface area contributed by atoms with Crippen LogP contribution >= 0.6 is 0 Å². The van der Waals surface area contributed by atoms with Crippen molar-refractivity contribution in [1.82, 2.24) is 5.32 Å². The van der Waals surface area contributed by atoms with Crippen molar-refractivity contribution in [2.45, 2.75) is 37.8 Å². The SMILES string of the molecule is N#C/C(=C/C(=O)NC1CCC(N)CC1)c1ccc(O)cc1. The monoisotopic (exact) mass is 285 g/mol. The molecule has 2 rings (SSSR count). The van der Waals surface area contributed by atoms with Gasteiger partial charge in [-0.25, -0.2) is 0 Å². The predicted octanol–water partition coefficient (Wildman–Crippen LogP) is 1.69. The first kappa shape index (κ1) is 15.1. The third-order valence-corrected chi connectivity index (χ3v) is 3.69. The first-order valence-electron chi connectivity index (χ1n) is 7.06. The number of nitrogens with two attached hydrogens (primary N) is 1. The zero-order chi connectivity index (χ0) is 15.2. The number of aromatic hydroxyl groups is 1. The van der Waals surface area contributed by atoms with E-state index >= 15 is 0 Å². The summed E-state index contributed by atoms with van der Waals surface area (Å²) in [4.78, 5) is 12.0. The summed E-state index contributed by atoms with van der Waals surface area (Å²) in [5, 5.41) is 21.3. The summed E-state index contributed by atoms with van der Waals surface area (Å²) < 4.78 is 0. The zero-order valence-corrected chi connectivity index (χ0v) is 11.7. The number of rotatable bonds is 3. The summed E-state index contributed by atoms with van der Waals surface area (Å²) in [5.41, 5.74) is 6.72. The Bertz CT molecular complexity index is 564. The second kappa shape index (κ2) is 6.91. The van der Waals surface area contributed by atoms with Crippen LogP contribution in [0.25, 0.3) is 5.57 Å². The van der Waals surface area contributed by atoms with Gasteiger partial charge >= 0.3 is 0 Å². The molecule has 1 aromatic rings. The number of nitrogens with one attached hydrogen (secondary N) is 1. The van der Waals surface area contributed by atoms with Gasteiger partial charge in [-0.05, 0) is 55.5 Å². The van der Waals surface area contributed by atoms with Crippen LogP contribution in [0.3, 0.4) is 0 Å². The lowest BCUT2D eigenvalue weighted by Gasteiger charge is -2.26. The summed E-state index contributed by atoms with van der Waals surface area (Å²) in [6.45, 7) is 0. The predicted molar refractivity (Wildman–Crippen MR) is 80.1 cm³/mol. The molecule has 0 radical (unpaired) electrons. The molecule has 1 aliphatic rings. The van der Waals surface area contributed by atoms with Crippen molar-refractivity contribution in [1.29, 1.82) is 5.26 Å². The second-order valence-corrected chi connectivity index (χ2v) is 5.34. The molecule has 110 valence electrons. The van der Waals surface area contributed by atoms with E-state index in [2.05, 4.69) is 5.32 Å². The van der Waals surface area contributed by atoms with Gasteiger partial charge in [0.2, 0.25) is 5.91 Å². The fraction of sp³-hybridized carbons (Fsp3) is 0.375. The van der Waals surface area contributed by atoms with Gasteiger partial charge in [0.05, 0.1) is 11.6 Å². The molecule has 0 saturated heterocycles. The average Bonchev–Trinajstić information content (AvgIpc) is 2.48. The highest BCUT2D eigenvalue weighted by Gasteiger charge is 2.19. The highest BCUT2D eigenvalue weighted by atomic mass is 16.3. The first-order chi connectivity index (χ1) is 10.1. The van der Waals surface area contributed by atoms with Crippen LogP contribution in [-0.2, 0) is 4.79 Å². The molecule has 0 aromatic heterocycles. The van der Waals surface area contributed by atoms with Crippen LogP contribution in [0, 0.1) is 11.3 Å². The smallest absolute Gasteiger partial charge is 0.245 e. The lowest BCUT2D eigenvalue weighted by atomic mass is 9.92. The van der Waals surface area contributed by atoms with E-state index in [1.54, 1.807) is 12.1 Å². The fourth-order valence-electron chi connectivity index (χ4n) is 2.46. The molecular weight excluding hydrogens is 266 g/mol. The number of hydrogen-bond donors (Lipinski definition) is 3. The van der Waals surface area contributed by atoms with Gasteiger partial charge in [-0.1, -0.05) is 0 Å². The number of benzene rings is 1. The van der Waals surface area contributed by atoms with Crippen molar-refractivity contribution in [2.24, 2.45) is 5.73 Å². The maximum Gasteiger partial charge on any atom is 0.245 e. The number of nitrogens with zero attached hydrogens (tertiary/aromatic N) is 1. The van der Waals surface area contributed by atoms with E-state index in [0.717, 1.165) is 25.7 Å². The Balaban J connectivity index is 2.01. The molecule has 1 amide bonds. The molecule has 0 aliphatic heterocycles. The van der Waals surface area contributed by atoms with E-state index in [9.17, 15) is 9.90 Å². The molecule has 0 unspecified atom stereocenters. The van der Waals surface area contributed by atoms with E-state index in [-0.39, 0.29) is 29.3 Å². The Morgan fingerprint density at radius 2 is 1.90 bits per heavy atom. The van der Waals surface area contributed by atoms with Gasteiger partial charge in [-0.2, -0.15) is 5.26 Å². The Hall–Kier alpha value is -2.32. The first-order valence-corrected chi connectivity index (χ1v) is 7.06. The molecule has 5 nitrogen and oxygen atoms in total. The number of carbonyl (C=O) groups excluding carboxylic acids is 1. The molecule has 4 N–H and O–H groups in total. The van der Waals surface area contributed by atoms with E-state index in [1.165, 1.54) is 18.2 Å². The number of phenols is 1. The lowest BCUT2D eigenvalue weighted by molar-refractivity contribution is -0.117. The summed E-state index contributed by atoms with van der Waals surface area (Å²) in [6, 6.07) is 8.57. The van der Waals surface area contributed by atoms with Crippen LogP contribution in [0.1, 0.15) is 31.2 Å². The molecule has 21 heavy (non-hydrogen) atoms. The average molecular weight is 285 g/mol. The summed E-state index contributed by atoms with van der Waals surface area (Å²) in [7, 11) is 0. The van der Waals surface area contributed by atoms with Crippen molar-refractivity contribution in [3.63, 3.8) is 0 Å². The standard InChI is InChI=1S/C16H19N3O2/c17-10-12(11-1-7-15(20)8-2-11)9-16(21)19-14-5-3-13(18)4-6-14/h1-2,7-9,13-14,20H,3-6,18H2,(H,19,21)/b12-9-. The number of allylic oxidation sites excluding steroid dienone is 1. The normalized spacial score (nSPS) is 22.4. The van der Waals surface area contributed by atoms with Crippen LogP contribution in [0.15, 0.2) is 30.3 Å². The van der Waals surface area contributed by atoms with Gasteiger partial charge < -0.3 is 16.2 Å². The number of hydrogen-bond acceptors (Lipinski definition) is 4. The molecule has 5 heteroatoms. The highest BCUT2D eigenvalue weighted by molar-refractivity contribution is 5.98. The molecule has 1 fully saturated rings. The van der Waals surface area contributed by atoms with Crippen LogP contribution in [-0.4, -0.2) is 23.1 Å². The van der Waals surface area contributed by atoms with Crippen molar-refractivity contribution in [2.75, 3.05) is 0 Å². The largest absolute Gasteiger partial charge is 0.508 e. The Labute approximate surface area is 124 Å². The minimum atomic E-state index is -0.264. The van der Waals surface area contributed by atoms with Gasteiger partial charge in [0.25, 0.3) is 0 Å². The van der Waals surface area contributed by atoms with Gasteiger partial charge in [0, 0.05) is 18.2 Å². The highest BCUT2D eigenvalue weighted by Crippen LogP contribution is 2.19. The van der Waals surface area contributed by atoms with Crippen molar-refractivity contribution in [3.8, 4) is 11.8 Å². The van der Waals surface area contributed by atoms with E-state index < -0.39 is 0 Å². The number of phenolic OH excluding ortho intramolecular Hbond substituents is 1. The molecule has 1 saturated carbocycles. The third-order valence-electron chi connectivity index (χ3n) is 3.69. The van der Waals surface area contributed by atoms with Gasteiger partial charge in [-0.3, -0.25) is 4.79 Å². The topological polar surface area (TPSA) is 99.1 Å². The summed E-state index contributed by atoms with van der Waals surface area (Å²) in [6.07, 6.45) is 4.89. The summed E-state index contributed by atoms with van der Waals surface area (Å²) >= 11 is 0. The Morgan fingerprint density at radius 3 is 2.48 bits per heavy atom. The number of amides is 1. The maximum atomic E-state index is 12.0. The lowest BCUT2D eigenvalue weighted by Crippen LogP contribution is -2.39. The summed E-state index contributed by atoms with van der Waals surface area (Å²) in [5.74, 6) is -0.140. The number of nitriles is 1. The molecular formula is C16H19N3O2. The molecule has 1 aliphatic carbocycles. The van der Waals surface area contributed by atoms with Gasteiger partial charge in [0.15, 0.2) is 0 Å². The molecule has 0 atom stereocenters. The maximum absolute atomic E-state index is 12.0. The van der Waals surface area contributed by atoms with Crippen LogP contribution in [0.2, 0.25) is 0 Å². The van der Waals surface area contributed by atoms with E-state index in [4.69, 9.17) is 11.0 Å². The second-order valence-electron chi connectivity index (χ2n) is 5.34. The van der Waals surface area contributed by atoms with Crippen molar-refractivity contribution in [3.05, 3.63) is 35.9 Å². The fourth-order valence-corrected chi connectivity index (χ4v) is 2.46. The van der Waals surface area contributed by atoms with Crippen LogP contribution < -0.4 is 11.1 Å². The third kappa shape index (κ3) is 4.33. The Kier molecular flexibility index (Phi) is 4.96. The minimum Gasteiger partial charge on any atom is -0.508 e. The van der Waals surface area contributed by atoms with E-state index in [1.807, 2.05) is 6.07 Å². The van der Waals surface area contributed by atoms with Crippen molar-refractivity contribution < 1.29 is 9.90 Å². The molecule has 0 bridgehead atoms. The van der Waals surface area contributed by atoms with Crippen LogP contribution in [0.5, 0.6) is 5.75 Å². The minimum absolute atomic E-state index is 0.124.